The molecule has 1 rings (SSSR count). The zero-order valence-corrected chi connectivity index (χ0v) is 11.7. The first-order valence-corrected chi connectivity index (χ1v) is 6.88. The number of anilines is 1. The van der Waals surface area contributed by atoms with Crippen molar-refractivity contribution >= 4 is 5.82 Å². The average Bonchev–Trinajstić information content (AvgIpc) is 2.74. The first-order chi connectivity index (χ1) is 8.67. The van der Waals surface area contributed by atoms with E-state index in [0.717, 1.165) is 31.2 Å². The monoisotopic (exact) mass is 248 g/mol. The summed E-state index contributed by atoms with van der Waals surface area (Å²) in [6.45, 7) is 6.43. The second-order valence-corrected chi connectivity index (χ2v) is 4.76. The molecule has 0 aliphatic carbocycles. The van der Waals surface area contributed by atoms with Gasteiger partial charge >= 0.3 is 0 Å². The highest BCUT2D eigenvalue weighted by Gasteiger charge is 2.22. The van der Waals surface area contributed by atoms with Gasteiger partial charge in [-0.2, -0.15) is 10.4 Å². The Labute approximate surface area is 110 Å². The molecule has 1 heterocycles. The van der Waals surface area contributed by atoms with Gasteiger partial charge in [0.15, 0.2) is 0 Å². The van der Waals surface area contributed by atoms with E-state index in [1.807, 2.05) is 10.9 Å². The zero-order chi connectivity index (χ0) is 13.5. The molecule has 0 saturated carbocycles. The van der Waals surface area contributed by atoms with Crippen LogP contribution in [0.2, 0.25) is 0 Å². The summed E-state index contributed by atoms with van der Waals surface area (Å²) in [5, 5.41) is 13.4. The predicted octanol–water partition coefficient (Wildman–Crippen LogP) is 3.31. The van der Waals surface area contributed by atoms with Crippen molar-refractivity contribution in [3.8, 4) is 6.07 Å². The summed E-state index contributed by atoms with van der Waals surface area (Å²) in [5.74, 6) is 1.10. The molecule has 0 radical (unpaired) electrons. The van der Waals surface area contributed by atoms with E-state index in [1.165, 1.54) is 0 Å². The van der Waals surface area contributed by atoms with Crippen LogP contribution in [0.5, 0.6) is 0 Å². The Balaban J connectivity index is 2.98. The molecule has 0 spiro atoms. The Morgan fingerprint density at radius 3 is 2.61 bits per heavy atom. The Hall–Kier alpha value is -1.50. The molecule has 0 amide bonds. The maximum Gasteiger partial charge on any atom is 0.148 e. The van der Waals surface area contributed by atoms with Gasteiger partial charge in [-0.25, -0.2) is 0 Å². The van der Waals surface area contributed by atoms with Crippen LogP contribution in [0.3, 0.4) is 0 Å². The summed E-state index contributed by atoms with van der Waals surface area (Å²) in [7, 11) is 0. The number of nitrogens with two attached hydrogens (primary N) is 1. The van der Waals surface area contributed by atoms with E-state index in [9.17, 15) is 0 Å². The fourth-order valence-electron chi connectivity index (χ4n) is 2.49. The summed E-state index contributed by atoms with van der Waals surface area (Å²) in [6, 6.07) is 2.44. The van der Waals surface area contributed by atoms with Crippen molar-refractivity contribution in [2.24, 2.45) is 5.92 Å². The highest BCUT2D eigenvalue weighted by molar-refractivity contribution is 5.37. The third-order valence-corrected chi connectivity index (χ3v) is 3.59. The first kappa shape index (κ1) is 14.6. The Kier molecular flexibility index (Phi) is 5.70. The highest BCUT2D eigenvalue weighted by atomic mass is 15.3. The summed E-state index contributed by atoms with van der Waals surface area (Å²) >= 11 is 0. The van der Waals surface area contributed by atoms with Gasteiger partial charge in [0.25, 0.3) is 0 Å². The molecule has 0 aromatic carbocycles. The normalized spacial score (nSPS) is 14.1. The van der Waals surface area contributed by atoms with Gasteiger partial charge in [0.1, 0.15) is 5.82 Å². The van der Waals surface area contributed by atoms with Crippen LogP contribution >= 0.6 is 0 Å². The maximum atomic E-state index is 9.02. The minimum atomic E-state index is 0.155. The minimum Gasteiger partial charge on any atom is -0.382 e. The molecule has 4 heteroatoms. The molecule has 100 valence electrons. The minimum absolute atomic E-state index is 0.155. The SMILES string of the molecule is CCCC(CC)C(CC#N)n1cc(CC)c(N)n1. The van der Waals surface area contributed by atoms with Crippen LogP contribution in [-0.4, -0.2) is 9.78 Å². The number of nitriles is 1. The van der Waals surface area contributed by atoms with E-state index >= 15 is 0 Å². The Morgan fingerprint density at radius 1 is 1.44 bits per heavy atom. The lowest BCUT2D eigenvalue weighted by Gasteiger charge is -2.24. The molecule has 0 fully saturated rings. The number of nitrogen functional groups attached to an aromatic ring is 1. The van der Waals surface area contributed by atoms with Crippen LogP contribution in [0.25, 0.3) is 0 Å². The van der Waals surface area contributed by atoms with Crippen LogP contribution < -0.4 is 5.73 Å². The second-order valence-electron chi connectivity index (χ2n) is 4.76. The third kappa shape index (κ3) is 3.25. The molecular formula is C14H24N4. The van der Waals surface area contributed by atoms with Crippen molar-refractivity contribution in [2.75, 3.05) is 5.73 Å². The van der Waals surface area contributed by atoms with Crippen LogP contribution in [-0.2, 0) is 6.42 Å². The number of nitrogens with zero attached hydrogens (tertiary/aromatic N) is 3. The molecular weight excluding hydrogens is 224 g/mol. The molecule has 2 unspecified atom stereocenters. The molecule has 0 bridgehead atoms. The zero-order valence-electron chi connectivity index (χ0n) is 11.7. The van der Waals surface area contributed by atoms with Crippen molar-refractivity contribution in [1.29, 1.82) is 5.26 Å². The molecule has 4 nitrogen and oxygen atoms in total. The standard InChI is InChI=1S/C14H24N4/c1-4-7-11(5-2)13(8-9-15)18-10-12(6-3)14(16)17-18/h10-11,13H,4-8H2,1-3H3,(H2,16,17). The fraction of sp³-hybridized carbons (Fsp3) is 0.714. The van der Waals surface area contributed by atoms with Crippen molar-refractivity contribution in [2.45, 2.75) is 58.9 Å². The number of hydrogen-bond acceptors (Lipinski definition) is 3. The predicted molar refractivity (Wildman–Crippen MR) is 74.0 cm³/mol. The highest BCUT2D eigenvalue weighted by Crippen LogP contribution is 2.29. The van der Waals surface area contributed by atoms with Gasteiger partial charge in [0, 0.05) is 11.8 Å². The van der Waals surface area contributed by atoms with Gasteiger partial charge < -0.3 is 5.73 Å². The second kappa shape index (κ2) is 7.05. The van der Waals surface area contributed by atoms with Crippen molar-refractivity contribution < 1.29 is 0 Å². The molecule has 1 aromatic rings. The van der Waals surface area contributed by atoms with E-state index in [0.29, 0.717) is 18.2 Å². The van der Waals surface area contributed by atoms with E-state index < -0.39 is 0 Å². The topological polar surface area (TPSA) is 67.6 Å². The quantitative estimate of drug-likeness (QED) is 0.805. The molecule has 2 N–H and O–H groups in total. The van der Waals surface area contributed by atoms with E-state index in [-0.39, 0.29) is 6.04 Å². The van der Waals surface area contributed by atoms with Gasteiger partial charge in [-0.1, -0.05) is 33.6 Å². The number of rotatable bonds is 7. The largest absolute Gasteiger partial charge is 0.382 e. The molecule has 2 atom stereocenters. The number of aryl methyl sites for hydroxylation is 1. The van der Waals surface area contributed by atoms with Crippen molar-refractivity contribution in [3.63, 3.8) is 0 Å². The first-order valence-electron chi connectivity index (χ1n) is 6.88. The molecule has 0 aliphatic rings. The van der Waals surface area contributed by atoms with Crippen molar-refractivity contribution in [3.05, 3.63) is 11.8 Å². The summed E-state index contributed by atoms with van der Waals surface area (Å²) in [6.07, 6.45) is 6.73. The van der Waals surface area contributed by atoms with E-state index in [2.05, 4.69) is 31.9 Å². The number of hydrogen-bond donors (Lipinski definition) is 1. The van der Waals surface area contributed by atoms with Crippen LogP contribution in [0.15, 0.2) is 6.20 Å². The van der Waals surface area contributed by atoms with Gasteiger partial charge in [-0.05, 0) is 18.8 Å². The molecule has 0 aliphatic heterocycles. The maximum absolute atomic E-state index is 9.02. The lowest BCUT2D eigenvalue weighted by molar-refractivity contribution is 0.283. The third-order valence-electron chi connectivity index (χ3n) is 3.59. The summed E-state index contributed by atoms with van der Waals surface area (Å²) < 4.78 is 1.92. The van der Waals surface area contributed by atoms with Crippen LogP contribution in [0, 0.1) is 17.2 Å². The van der Waals surface area contributed by atoms with E-state index in [1.54, 1.807) is 0 Å². The van der Waals surface area contributed by atoms with Gasteiger partial charge in [-0.3, -0.25) is 4.68 Å². The Morgan fingerprint density at radius 2 is 2.17 bits per heavy atom. The lowest BCUT2D eigenvalue weighted by atomic mass is 9.90. The van der Waals surface area contributed by atoms with Gasteiger partial charge in [-0.15, -0.1) is 0 Å². The van der Waals surface area contributed by atoms with Crippen molar-refractivity contribution in [1.82, 2.24) is 9.78 Å². The van der Waals surface area contributed by atoms with Crippen LogP contribution in [0.1, 0.15) is 58.1 Å². The van der Waals surface area contributed by atoms with Crippen LogP contribution in [0.4, 0.5) is 5.82 Å². The van der Waals surface area contributed by atoms with E-state index in [4.69, 9.17) is 11.0 Å². The number of aromatic nitrogens is 2. The van der Waals surface area contributed by atoms with Gasteiger partial charge in [0.2, 0.25) is 0 Å². The lowest BCUT2D eigenvalue weighted by Crippen LogP contribution is -2.19. The Bertz CT molecular complexity index is 402. The molecule has 18 heavy (non-hydrogen) atoms. The summed E-state index contributed by atoms with van der Waals surface area (Å²) in [4.78, 5) is 0. The summed E-state index contributed by atoms with van der Waals surface area (Å²) in [5.41, 5.74) is 6.96. The smallest absolute Gasteiger partial charge is 0.148 e. The average molecular weight is 248 g/mol. The fourth-order valence-corrected chi connectivity index (χ4v) is 2.49. The molecule has 0 saturated heterocycles. The molecule has 1 aromatic heterocycles. The van der Waals surface area contributed by atoms with Gasteiger partial charge in [0.05, 0.1) is 18.5 Å².